The van der Waals surface area contributed by atoms with Crippen molar-refractivity contribution in [3.05, 3.63) is 0 Å². The lowest BCUT2D eigenvalue weighted by Gasteiger charge is -2.39. The van der Waals surface area contributed by atoms with Crippen LogP contribution in [0.5, 0.6) is 0 Å². The smallest absolute Gasteiger partial charge is 0.0829 e. The van der Waals surface area contributed by atoms with E-state index in [0.29, 0.717) is 12.1 Å². The Balaban J connectivity index is 1.73. The maximum absolute atomic E-state index is 5.92. The number of alkyl halides is 1. The summed E-state index contributed by atoms with van der Waals surface area (Å²) in [4.78, 5) is 5.08. The first-order chi connectivity index (χ1) is 8.69. The highest BCUT2D eigenvalue weighted by molar-refractivity contribution is 6.18. The van der Waals surface area contributed by atoms with E-state index in [1.54, 1.807) is 0 Å². The lowest BCUT2D eigenvalue weighted by molar-refractivity contribution is -0.0548. The van der Waals surface area contributed by atoms with Gasteiger partial charge in [0.25, 0.3) is 0 Å². The van der Waals surface area contributed by atoms with Gasteiger partial charge in [0.15, 0.2) is 0 Å². The second kappa shape index (κ2) is 7.09. The van der Waals surface area contributed by atoms with Crippen molar-refractivity contribution < 1.29 is 4.74 Å². The predicted octanol–water partition coefficient (Wildman–Crippen LogP) is 2.05. The van der Waals surface area contributed by atoms with Gasteiger partial charge in [-0.05, 0) is 45.7 Å². The van der Waals surface area contributed by atoms with Crippen LogP contribution in [-0.4, -0.2) is 67.2 Å². The topological polar surface area (TPSA) is 15.7 Å². The molecule has 0 bridgehead atoms. The highest BCUT2D eigenvalue weighted by Crippen LogP contribution is 2.19. The maximum Gasteiger partial charge on any atom is 0.0829 e. The van der Waals surface area contributed by atoms with Crippen molar-refractivity contribution >= 4 is 11.6 Å². The van der Waals surface area contributed by atoms with Gasteiger partial charge in [-0.3, -0.25) is 4.90 Å². The van der Waals surface area contributed by atoms with E-state index in [9.17, 15) is 0 Å². The normalized spacial score (nSPS) is 29.0. The number of rotatable bonds is 4. The molecule has 2 heterocycles. The Bertz CT molecular complexity index is 242. The van der Waals surface area contributed by atoms with Gasteiger partial charge in [0, 0.05) is 31.6 Å². The first kappa shape index (κ1) is 14.6. The molecule has 0 aromatic heterocycles. The van der Waals surface area contributed by atoms with E-state index in [-0.39, 0.29) is 0 Å². The maximum atomic E-state index is 5.92. The molecule has 4 heteroatoms. The zero-order valence-electron chi connectivity index (χ0n) is 11.8. The number of halogens is 1. The molecule has 0 radical (unpaired) electrons. The quantitative estimate of drug-likeness (QED) is 0.730. The summed E-state index contributed by atoms with van der Waals surface area (Å²) in [6.45, 7) is 11.1. The fourth-order valence-electron chi connectivity index (χ4n) is 2.93. The molecule has 2 rings (SSSR count). The van der Waals surface area contributed by atoms with Gasteiger partial charge in [0.2, 0.25) is 0 Å². The SMILES string of the molecule is CC(C)N1CCOC(CN2CCC(CCl)CC2)C1. The van der Waals surface area contributed by atoms with Crippen LogP contribution in [0, 0.1) is 5.92 Å². The van der Waals surface area contributed by atoms with Gasteiger partial charge in [-0.1, -0.05) is 0 Å². The predicted molar refractivity (Wildman–Crippen MR) is 76.3 cm³/mol. The van der Waals surface area contributed by atoms with Crippen LogP contribution >= 0.6 is 11.6 Å². The van der Waals surface area contributed by atoms with Crippen molar-refractivity contribution in [1.29, 1.82) is 0 Å². The van der Waals surface area contributed by atoms with E-state index in [1.807, 2.05) is 0 Å². The molecule has 3 nitrogen and oxygen atoms in total. The Kier molecular flexibility index (Phi) is 5.74. The van der Waals surface area contributed by atoms with Crippen LogP contribution in [0.1, 0.15) is 26.7 Å². The van der Waals surface area contributed by atoms with E-state index in [4.69, 9.17) is 16.3 Å². The van der Waals surface area contributed by atoms with Crippen LogP contribution in [0.2, 0.25) is 0 Å². The lowest BCUT2D eigenvalue weighted by Crippen LogP contribution is -2.50. The van der Waals surface area contributed by atoms with Gasteiger partial charge in [-0.25, -0.2) is 0 Å². The highest BCUT2D eigenvalue weighted by atomic mass is 35.5. The van der Waals surface area contributed by atoms with Gasteiger partial charge in [-0.2, -0.15) is 0 Å². The number of ether oxygens (including phenoxy) is 1. The molecule has 2 saturated heterocycles. The Hall–Kier alpha value is 0.170. The fraction of sp³-hybridized carbons (Fsp3) is 1.00. The third-order valence-corrected chi connectivity index (χ3v) is 4.72. The second-order valence-corrected chi connectivity index (χ2v) is 6.29. The molecule has 0 N–H and O–H groups in total. The van der Waals surface area contributed by atoms with Gasteiger partial charge < -0.3 is 9.64 Å². The van der Waals surface area contributed by atoms with Gasteiger partial charge >= 0.3 is 0 Å². The lowest BCUT2D eigenvalue weighted by atomic mass is 9.98. The van der Waals surface area contributed by atoms with Gasteiger partial charge in [0.1, 0.15) is 0 Å². The zero-order chi connectivity index (χ0) is 13.0. The van der Waals surface area contributed by atoms with Crippen molar-refractivity contribution in [3.63, 3.8) is 0 Å². The minimum atomic E-state index is 0.397. The fourth-order valence-corrected chi connectivity index (χ4v) is 3.24. The van der Waals surface area contributed by atoms with Gasteiger partial charge in [-0.15, -0.1) is 11.6 Å². The largest absolute Gasteiger partial charge is 0.374 e. The van der Waals surface area contributed by atoms with Crippen LogP contribution in [-0.2, 0) is 4.74 Å². The third kappa shape index (κ3) is 4.09. The first-order valence-electron chi connectivity index (χ1n) is 7.33. The zero-order valence-corrected chi connectivity index (χ0v) is 12.5. The van der Waals surface area contributed by atoms with E-state index in [1.165, 1.54) is 25.9 Å². The molecular formula is C14H27ClN2O. The van der Waals surface area contributed by atoms with Crippen LogP contribution < -0.4 is 0 Å². The molecular weight excluding hydrogens is 248 g/mol. The van der Waals surface area contributed by atoms with E-state index in [0.717, 1.165) is 38.0 Å². The molecule has 1 unspecified atom stereocenters. The second-order valence-electron chi connectivity index (χ2n) is 5.98. The molecule has 0 aromatic rings. The number of piperidine rings is 1. The molecule has 2 aliphatic rings. The molecule has 2 fully saturated rings. The summed E-state index contributed by atoms with van der Waals surface area (Å²) in [5.74, 6) is 1.57. The molecule has 2 aliphatic heterocycles. The monoisotopic (exact) mass is 274 g/mol. The van der Waals surface area contributed by atoms with Crippen LogP contribution in [0.3, 0.4) is 0 Å². The number of nitrogens with zero attached hydrogens (tertiary/aromatic N) is 2. The van der Waals surface area contributed by atoms with Crippen molar-refractivity contribution in [2.75, 3.05) is 45.2 Å². The Labute approximate surface area is 116 Å². The minimum absolute atomic E-state index is 0.397. The van der Waals surface area contributed by atoms with Gasteiger partial charge in [0.05, 0.1) is 12.7 Å². The molecule has 0 saturated carbocycles. The van der Waals surface area contributed by atoms with Crippen molar-refractivity contribution in [3.8, 4) is 0 Å². The van der Waals surface area contributed by atoms with E-state index < -0.39 is 0 Å². The van der Waals surface area contributed by atoms with Crippen LogP contribution in [0.15, 0.2) is 0 Å². The number of hydrogen-bond acceptors (Lipinski definition) is 3. The molecule has 0 aliphatic carbocycles. The van der Waals surface area contributed by atoms with Crippen molar-refractivity contribution in [2.45, 2.75) is 38.8 Å². The van der Waals surface area contributed by atoms with Crippen LogP contribution in [0.4, 0.5) is 0 Å². The number of morpholine rings is 1. The molecule has 18 heavy (non-hydrogen) atoms. The van der Waals surface area contributed by atoms with Crippen LogP contribution in [0.25, 0.3) is 0 Å². The summed E-state index contributed by atoms with van der Waals surface area (Å²) in [7, 11) is 0. The summed E-state index contributed by atoms with van der Waals surface area (Å²) < 4.78 is 5.90. The third-order valence-electron chi connectivity index (χ3n) is 4.29. The Morgan fingerprint density at radius 2 is 1.94 bits per heavy atom. The average molecular weight is 275 g/mol. The van der Waals surface area contributed by atoms with Crippen molar-refractivity contribution in [1.82, 2.24) is 9.80 Å². The molecule has 106 valence electrons. The Morgan fingerprint density at radius 1 is 1.22 bits per heavy atom. The molecule has 1 atom stereocenters. The number of hydrogen-bond donors (Lipinski definition) is 0. The van der Waals surface area contributed by atoms with E-state index in [2.05, 4.69) is 23.6 Å². The minimum Gasteiger partial charge on any atom is -0.374 e. The standard InChI is InChI=1S/C14H27ClN2O/c1-12(2)17-7-8-18-14(11-17)10-16-5-3-13(9-15)4-6-16/h12-14H,3-11H2,1-2H3. The first-order valence-corrected chi connectivity index (χ1v) is 7.86. The summed E-state index contributed by atoms with van der Waals surface area (Å²) in [5, 5.41) is 0. The molecule has 0 spiro atoms. The summed E-state index contributed by atoms with van der Waals surface area (Å²) in [5.41, 5.74) is 0. The van der Waals surface area contributed by atoms with E-state index >= 15 is 0 Å². The Morgan fingerprint density at radius 3 is 2.56 bits per heavy atom. The van der Waals surface area contributed by atoms with Crippen molar-refractivity contribution in [2.24, 2.45) is 5.92 Å². The molecule has 0 amide bonds. The summed E-state index contributed by atoms with van der Waals surface area (Å²) in [6, 6.07) is 0.637. The molecule has 0 aromatic carbocycles. The highest BCUT2D eigenvalue weighted by Gasteiger charge is 2.26. The number of likely N-dealkylation sites (tertiary alicyclic amines) is 1. The summed E-state index contributed by atoms with van der Waals surface area (Å²) in [6.07, 6.45) is 2.91. The average Bonchev–Trinajstić information content (AvgIpc) is 2.40. The summed E-state index contributed by atoms with van der Waals surface area (Å²) >= 11 is 5.92.